The zero-order chi connectivity index (χ0) is 20.2. The Morgan fingerprint density at radius 3 is 2.86 bits per heavy atom. The highest BCUT2D eigenvalue weighted by Crippen LogP contribution is 2.31. The molecule has 150 valence electrons. The lowest BCUT2D eigenvalue weighted by atomic mass is 10.1. The fourth-order valence-corrected chi connectivity index (χ4v) is 3.31. The van der Waals surface area contributed by atoms with Crippen LogP contribution in [-0.2, 0) is 4.79 Å². The van der Waals surface area contributed by atoms with Crippen LogP contribution in [0.3, 0.4) is 0 Å². The van der Waals surface area contributed by atoms with Crippen molar-refractivity contribution in [2.24, 2.45) is 0 Å². The second-order valence-electron chi connectivity index (χ2n) is 6.99. The van der Waals surface area contributed by atoms with Crippen LogP contribution in [0, 0.1) is 0 Å². The highest BCUT2D eigenvalue weighted by molar-refractivity contribution is 5.90. The van der Waals surface area contributed by atoms with Gasteiger partial charge in [-0.2, -0.15) is 0 Å². The molecular weight excluding hydrogens is 370 g/mol. The van der Waals surface area contributed by atoms with Crippen LogP contribution < -0.4 is 20.7 Å². The maximum Gasteiger partial charge on any atom is 0.227 e. The monoisotopic (exact) mass is 393 g/mol. The number of para-hydroxylation sites is 1. The van der Waals surface area contributed by atoms with Gasteiger partial charge >= 0.3 is 0 Å². The van der Waals surface area contributed by atoms with Gasteiger partial charge in [0.05, 0.1) is 5.69 Å². The molecule has 1 amide bonds. The average Bonchev–Trinajstić information content (AvgIpc) is 2.71. The van der Waals surface area contributed by atoms with Crippen molar-refractivity contribution in [2.45, 2.75) is 25.9 Å². The number of carbonyl (C=O) groups excluding carboxylic acids is 1. The van der Waals surface area contributed by atoms with Crippen molar-refractivity contribution >= 4 is 34.1 Å². The van der Waals surface area contributed by atoms with Gasteiger partial charge < -0.3 is 25.8 Å². The molecule has 0 atom stereocenters. The summed E-state index contributed by atoms with van der Waals surface area (Å²) in [5.41, 5.74) is 1.67. The van der Waals surface area contributed by atoms with Gasteiger partial charge in [-0.1, -0.05) is 12.1 Å². The number of aromatic hydroxyl groups is 1. The van der Waals surface area contributed by atoms with E-state index >= 15 is 0 Å². The minimum Gasteiger partial charge on any atom is -0.506 e. The maximum atomic E-state index is 11.3. The molecule has 3 aromatic rings. The van der Waals surface area contributed by atoms with Gasteiger partial charge in [-0.15, -0.1) is 0 Å². The Hall–Kier alpha value is -3.39. The number of hydrogen-bond donors (Lipinski definition) is 4. The number of anilines is 3. The van der Waals surface area contributed by atoms with Crippen LogP contribution in [0.15, 0.2) is 42.6 Å². The Bertz CT molecular complexity index is 1030. The van der Waals surface area contributed by atoms with Crippen LogP contribution in [0.5, 0.6) is 11.5 Å². The lowest BCUT2D eigenvalue weighted by molar-refractivity contribution is -0.114. The number of ether oxygens (including phenoxy) is 1. The molecule has 1 aliphatic rings. The molecule has 1 aromatic heterocycles. The summed E-state index contributed by atoms with van der Waals surface area (Å²) in [6, 6.07) is 10.5. The number of rotatable bonds is 5. The van der Waals surface area contributed by atoms with E-state index in [1.807, 2.05) is 18.2 Å². The number of phenolic OH excluding ortho intramolecular Hbond substituents is 1. The van der Waals surface area contributed by atoms with Crippen LogP contribution in [0.2, 0.25) is 0 Å². The summed E-state index contributed by atoms with van der Waals surface area (Å²) in [5.74, 6) is 0.885. The molecule has 0 unspecified atom stereocenters. The van der Waals surface area contributed by atoms with Gasteiger partial charge in [-0.05, 0) is 50.2 Å². The van der Waals surface area contributed by atoms with Gasteiger partial charge in [0.1, 0.15) is 23.1 Å². The Balaban J connectivity index is 1.61. The standard InChI is InChI=1S/C21H23N5O3/c1-13(27)24-15-5-6-18(28)17(11-15)25-21-23-12-14-3-2-4-19(20(14)26-21)29-16-7-9-22-10-8-16/h2-6,11-12,16,22,28H,7-10H2,1H3,(H,24,27)(H,23,25,26). The Morgan fingerprint density at radius 1 is 1.24 bits per heavy atom. The van der Waals surface area contributed by atoms with Crippen LogP contribution >= 0.6 is 0 Å². The zero-order valence-electron chi connectivity index (χ0n) is 16.1. The molecule has 1 fully saturated rings. The number of nitrogens with one attached hydrogen (secondary N) is 3. The van der Waals surface area contributed by atoms with Crippen LogP contribution in [-0.4, -0.2) is 40.2 Å². The summed E-state index contributed by atoms with van der Waals surface area (Å²) < 4.78 is 6.21. The third kappa shape index (κ3) is 4.55. The zero-order valence-corrected chi connectivity index (χ0v) is 16.1. The molecular formula is C21H23N5O3. The second-order valence-corrected chi connectivity index (χ2v) is 6.99. The minimum absolute atomic E-state index is 0.0297. The molecule has 0 spiro atoms. The van der Waals surface area contributed by atoms with Gasteiger partial charge in [0, 0.05) is 24.2 Å². The minimum atomic E-state index is -0.191. The quantitative estimate of drug-likeness (QED) is 0.389. The number of nitrogens with zero attached hydrogens (tertiary/aromatic N) is 2. The van der Waals surface area contributed by atoms with Crippen molar-refractivity contribution in [3.63, 3.8) is 0 Å². The number of hydrogen-bond acceptors (Lipinski definition) is 7. The first-order chi connectivity index (χ1) is 14.1. The molecule has 8 heteroatoms. The average molecular weight is 393 g/mol. The first-order valence-electron chi connectivity index (χ1n) is 9.59. The highest BCUT2D eigenvalue weighted by Gasteiger charge is 2.16. The number of amides is 1. The van der Waals surface area contributed by atoms with Crippen molar-refractivity contribution in [1.29, 1.82) is 0 Å². The molecule has 1 saturated heterocycles. The molecule has 0 saturated carbocycles. The summed E-state index contributed by atoms with van der Waals surface area (Å²) in [5, 5.41) is 20.1. The summed E-state index contributed by atoms with van der Waals surface area (Å²) in [6.07, 6.45) is 3.79. The first-order valence-corrected chi connectivity index (χ1v) is 9.59. The largest absolute Gasteiger partial charge is 0.506 e. The predicted octanol–water partition coefficient (Wildman–Crippen LogP) is 3.17. The molecule has 29 heavy (non-hydrogen) atoms. The fraction of sp³-hybridized carbons (Fsp3) is 0.286. The van der Waals surface area contributed by atoms with E-state index < -0.39 is 0 Å². The SMILES string of the molecule is CC(=O)Nc1ccc(O)c(Nc2ncc3cccc(OC4CCNCC4)c3n2)c1. The normalized spacial score (nSPS) is 14.5. The van der Waals surface area contributed by atoms with E-state index in [9.17, 15) is 9.90 Å². The van der Waals surface area contributed by atoms with Crippen LogP contribution in [0.4, 0.5) is 17.3 Å². The van der Waals surface area contributed by atoms with E-state index in [2.05, 4.69) is 25.9 Å². The summed E-state index contributed by atoms with van der Waals surface area (Å²) in [7, 11) is 0. The molecule has 1 aliphatic heterocycles. The molecule has 2 aromatic carbocycles. The number of phenols is 1. The van der Waals surface area contributed by atoms with Gasteiger partial charge in [0.15, 0.2) is 0 Å². The van der Waals surface area contributed by atoms with Crippen LogP contribution in [0.25, 0.3) is 10.9 Å². The van der Waals surface area contributed by atoms with Crippen molar-refractivity contribution in [3.8, 4) is 11.5 Å². The fourth-order valence-electron chi connectivity index (χ4n) is 3.31. The molecule has 8 nitrogen and oxygen atoms in total. The Kier molecular flexibility index (Phi) is 5.44. The smallest absolute Gasteiger partial charge is 0.227 e. The lowest BCUT2D eigenvalue weighted by Gasteiger charge is -2.24. The van der Waals surface area contributed by atoms with Gasteiger partial charge in [-0.25, -0.2) is 9.97 Å². The second kappa shape index (κ2) is 8.32. The predicted molar refractivity (Wildman–Crippen MR) is 112 cm³/mol. The van der Waals surface area contributed by atoms with E-state index in [-0.39, 0.29) is 17.8 Å². The first kappa shape index (κ1) is 18.9. The summed E-state index contributed by atoms with van der Waals surface area (Å²) in [6.45, 7) is 3.32. The van der Waals surface area contributed by atoms with E-state index in [0.717, 1.165) is 37.1 Å². The van der Waals surface area contributed by atoms with Crippen LogP contribution in [0.1, 0.15) is 19.8 Å². The molecule has 0 bridgehead atoms. The maximum absolute atomic E-state index is 11.3. The number of fused-ring (bicyclic) bond motifs is 1. The van der Waals surface area contributed by atoms with Crippen molar-refractivity contribution in [1.82, 2.24) is 15.3 Å². The third-order valence-corrected chi connectivity index (χ3v) is 4.72. The van der Waals surface area contributed by atoms with E-state index in [1.165, 1.54) is 13.0 Å². The van der Waals surface area contributed by atoms with E-state index in [1.54, 1.807) is 18.3 Å². The molecule has 4 N–H and O–H groups in total. The molecule has 4 rings (SSSR count). The number of carbonyl (C=O) groups is 1. The van der Waals surface area contributed by atoms with Crippen molar-refractivity contribution < 1.29 is 14.6 Å². The molecule has 0 radical (unpaired) electrons. The third-order valence-electron chi connectivity index (χ3n) is 4.72. The van der Waals surface area contributed by atoms with E-state index in [0.29, 0.717) is 22.8 Å². The Morgan fingerprint density at radius 2 is 2.07 bits per heavy atom. The van der Waals surface area contributed by atoms with Crippen molar-refractivity contribution in [2.75, 3.05) is 23.7 Å². The van der Waals surface area contributed by atoms with E-state index in [4.69, 9.17) is 4.74 Å². The highest BCUT2D eigenvalue weighted by atomic mass is 16.5. The van der Waals surface area contributed by atoms with Gasteiger partial charge in [0.2, 0.25) is 11.9 Å². The van der Waals surface area contributed by atoms with Gasteiger partial charge in [0.25, 0.3) is 0 Å². The van der Waals surface area contributed by atoms with Crippen molar-refractivity contribution in [3.05, 3.63) is 42.6 Å². The number of benzene rings is 2. The summed E-state index contributed by atoms with van der Waals surface area (Å²) in [4.78, 5) is 20.2. The summed E-state index contributed by atoms with van der Waals surface area (Å²) >= 11 is 0. The topological polar surface area (TPSA) is 108 Å². The lowest BCUT2D eigenvalue weighted by Crippen LogP contribution is -2.34. The Labute approximate surface area is 168 Å². The number of piperidine rings is 1. The molecule has 2 heterocycles. The number of aromatic nitrogens is 2. The van der Waals surface area contributed by atoms with Gasteiger partial charge in [-0.3, -0.25) is 4.79 Å². The molecule has 0 aliphatic carbocycles.